The monoisotopic (exact) mass is 443 g/mol. The molecule has 0 bridgehead atoms. The van der Waals surface area contributed by atoms with Gasteiger partial charge in [-0.2, -0.15) is 13.2 Å². The molecule has 1 aliphatic heterocycles. The van der Waals surface area contributed by atoms with E-state index in [1.54, 1.807) is 17.0 Å². The Kier molecular flexibility index (Phi) is 6.30. The Labute approximate surface area is 175 Å². The Morgan fingerprint density at radius 1 is 1.17 bits per heavy atom. The zero-order chi connectivity index (χ0) is 22.1. The number of pyridine rings is 1. The van der Waals surface area contributed by atoms with Crippen molar-refractivity contribution < 1.29 is 27.2 Å². The van der Waals surface area contributed by atoms with Gasteiger partial charge in [-0.05, 0) is 43.2 Å². The van der Waals surface area contributed by atoms with E-state index in [1.165, 1.54) is 18.1 Å². The molecule has 2 heterocycles. The molecule has 30 heavy (non-hydrogen) atoms. The molecule has 1 fully saturated rings. The number of hydrogen-bond acceptors (Lipinski definition) is 3. The summed E-state index contributed by atoms with van der Waals surface area (Å²) in [6.07, 6.45) is -2.62. The fourth-order valence-electron chi connectivity index (χ4n) is 3.47. The zero-order valence-corrected chi connectivity index (χ0v) is 16.7. The molecule has 1 aromatic carbocycles. The molecular weight excluding hydrogens is 426 g/mol. The molecule has 0 N–H and O–H groups in total. The van der Waals surface area contributed by atoms with Gasteiger partial charge in [0.1, 0.15) is 11.0 Å². The molecule has 2 aromatic rings. The molecule has 1 saturated heterocycles. The van der Waals surface area contributed by atoms with E-state index in [-0.39, 0.29) is 22.7 Å². The molecule has 3 rings (SSSR count). The van der Waals surface area contributed by atoms with Crippen molar-refractivity contribution in [3.63, 3.8) is 0 Å². The van der Waals surface area contributed by atoms with Crippen LogP contribution in [0.2, 0.25) is 5.15 Å². The Hall–Kier alpha value is -2.68. The summed E-state index contributed by atoms with van der Waals surface area (Å²) < 4.78 is 53.0. The van der Waals surface area contributed by atoms with Gasteiger partial charge in [0.05, 0.1) is 16.7 Å². The third-order valence-electron chi connectivity index (χ3n) is 5.13. The summed E-state index contributed by atoms with van der Waals surface area (Å²) >= 11 is 5.96. The Morgan fingerprint density at radius 3 is 2.43 bits per heavy atom. The number of alkyl halides is 3. The molecule has 0 unspecified atom stereocenters. The molecule has 160 valence electrons. The van der Waals surface area contributed by atoms with Crippen LogP contribution in [0.5, 0.6) is 0 Å². The van der Waals surface area contributed by atoms with Gasteiger partial charge in [-0.3, -0.25) is 9.59 Å². The third-order valence-corrected chi connectivity index (χ3v) is 5.43. The van der Waals surface area contributed by atoms with E-state index in [0.717, 1.165) is 12.1 Å². The smallest absolute Gasteiger partial charge is 0.339 e. The van der Waals surface area contributed by atoms with Crippen LogP contribution in [0, 0.1) is 5.82 Å². The number of carbonyl (C=O) groups is 2. The highest BCUT2D eigenvalue weighted by molar-refractivity contribution is 6.32. The first kappa shape index (κ1) is 22.0. The minimum atomic E-state index is -4.85. The summed E-state index contributed by atoms with van der Waals surface area (Å²) in [6, 6.07) is 4.79. The van der Waals surface area contributed by atoms with Crippen LogP contribution in [0.4, 0.5) is 17.6 Å². The van der Waals surface area contributed by atoms with Gasteiger partial charge < -0.3 is 9.80 Å². The van der Waals surface area contributed by atoms with E-state index < -0.39 is 29.0 Å². The third kappa shape index (κ3) is 4.56. The number of hydrogen-bond donors (Lipinski definition) is 0. The van der Waals surface area contributed by atoms with E-state index in [1.807, 2.05) is 0 Å². The standard InChI is InChI=1S/C20H18ClF4N3O2/c1-27(18(29)14-5-4-12(22)11-16(14)20(23,24)25)13-6-9-28(10-7-13)19(30)15-3-2-8-26-17(15)21/h2-5,8,11,13H,6-7,9-10H2,1H3. The van der Waals surface area contributed by atoms with Crippen molar-refractivity contribution in [3.05, 3.63) is 64.2 Å². The molecule has 0 radical (unpaired) electrons. The van der Waals surface area contributed by atoms with Crippen LogP contribution in [0.25, 0.3) is 0 Å². The summed E-state index contributed by atoms with van der Waals surface area (Å²) in [5.41, 5.74) is -1.64. The van der Waals surface area contributed by atoms with Gasteiger partial charge >= 0.3 is 6.18 Å². The van der Waals surface area contributed by atoms with Crippen molar-refractivity contribution in [2.24, 2.45) is 0 Å². The molecule has 0 saturated carbocycles. The number of nitrogens with zero attached hydrogens (tertiary/aromatic N) is 3. The van der Waals surface area contributed by atoms with E-state index >= 15 is 0 Å². The second-order valence-electron chi connectivity index (χ2n) is 6.97. The van der Waals surface area contributed by atoms with Crippen molar-refractivity contribution in [3.8, 4) is 0 Å². The lowest BCUT2D eigenvalue weighted by Crippen LogP contribution is -2.47. The lowest BCUT2D eigenvalue weighted by atomic mass is 10.00. The van der Waals surface area contributed by atoms with Gasteiger partial charge in [0, 0.05) is 32.4 Å². The fourth-order valence-corrected chi connectivity index (χ4v) is 3.67. The fraction of sp³-hybridized carbons (Fsp3) is 0.350. The molecule has 0 spiro atoms. The van der Waals surface area contributed by atoms with Crippen LogP contribution in [-0.4, -0.2) is 52.8 Å². The maximum absolute atomic E-state index is 13.3. The Balaban J connectivity index is 1.70. The van der Waals surface area contributed by atoms with Crippen LogP contribution in [0.1, 0.15) is 39.1 Å². The Morgan fingerprint density at radius 2 is 1.83 bits per heavy atom. The molecule has 10 heteroatoms. The topological polar surface area (TPSA) is 53.5 Å². The number of carbonyl (C=O) groups excluding carboxylic acids is 2. The van der Waals surface area contributed by atoms with Crippen LogP contribution in [-0.2, 0) is 6.18 Å². The number of benzene rings is 1. The number of aromatic nitrogens is 1. The summed E-state index contributed by atoms with van der Waals surface area (Å²) in [4.78, 5) is 32.0. The van der Waals surface area contributed by atoms with Gasteiger partial charge in [-0.25, -0.2) is 9.37 Å². The van der Waals surface area contributed by atoms with Crippen molar-refractivity contribution in [1.29, 1.82) is 0 Å². The highest BCUT2D eigenvalue weighted by atomic mass is 35.5. The number of likely N-dealkylation sites (tertiary alicyclic amines) is 1. The van der Waals surface area contributed by atoms with Crippen LogP contribution in [0.15, 0.2) is 36.5 Å². The minimum Gasteiger partial charge on any atom is -0.339 e. The maximum atomic E-state index is 13.3. The van der Waals surface area contributed by atoms with E-state index in [2.05, 4.69) is 4.98 Å². The van der Waals surface area contributed by atoms with Gasteiger partial charge in [0.15, 0.2) is 0 Å². The molecule has 1 aliphatic rings. The minimum absolute atomic E-state index is 0.0907. The predicted octanol–water partition coefficient (Wildman–Crippen LogP) is 4.27. The van der Waals surface area contributed by atoms with Crippen molar-refractivity contribution >= 4 is 23.4 Å². The molecule has 1 aromatic heterocycles. The number of rotatable bonds is 3. The summed E-state index contributed by atoms with van der Waals surface area (Å²) in [7, 11) is 1.41. The maximum Gasteiger partial charge on any atom is 0.417 e. The van der Waals surface area contributed by atoms with E-state index in [4.69, 9.17) is 11.6 Å². The van der Waals surface area contributed by atoms with Gasteiger partial charge in [-0.1, -0.05) is 11.6 Å². The lowest BCUT2D eigenvalue weighted by molar-refractivity contribution is -0.138. The van der Waals surface area contributed by atoms with E-state index in [9.17, 15) is 27.2 Å². The van der Waals surface area contributed by atoms with Crippen LogP contribution < -0.4 is 0 Å². The number of amides is 2. The lowest BCUT2D eigenvalue weighted by Gasteiger charge is -2.37. The molecule has 2 amide bonds. The predicted molar refractivity (Wildman–Crippen MR) is 102 cm³/mol. The average molecular weight is 444 g/mol. The first-order valence-corrected chi connectivity index (χ1v) is 9.51. The SMILES string of the molecule is CN(C(=O)c1ccc(F)cc1C(F)(F)F)C1CCN(C(=O)c2cccnc2Cl)CC1. The molecule has 0 atom stereocenters. The molecular formula is C20H18ClF4N3O2. The normalized spacial score (nSPS) is 15.2. The first-order valence-electron chi connectivity index (χ1n) is 9.13. The van der Waals surface area contributed by atoms with Gasteiger partial charge in [-0.15, -0.1) is 0 Å². The Bertz CT molecular complexity index is 959. The van der Waals surface area contributed by atoms with E-state index in [0.29, 0.717) is 32.0 Å². The highest BCUT2D eigenvalue weighted by Crippen LogP contribution is 2.33. The summed E-state index contributed by atoms with van der Waals surface area (Å²) in [5.74, 6) is -2.21. The largest absolute Gasteiger partial charge is 0.417 e. The van der Waals surface area contributed by atoms with Crippen molar-refractivity contribution in [1.82, 2.24) is 14.8 Å². The first-order chi connectivity index (χ1) is 14.1. The van der Waals surface area contributed by atoms with Crippen molar-refractivity contribution in [2.75, 3.05) is 20.1 Å². The summed E-state index contributed by atoms with van der Waals surface area (Å²) in [5, 5.41) is 0.0907. The summed E-state index contributed by atoms with van der Waals surface area (Å²) in [6.45, 7) is 0.615. The zero-order valence-electron chi connectivity index (χ0n) is 15.9. The second kappa shape index (κ2) is 8.59. The highest BCUT2D eigenvalue weighted by Gasteiger charge is 2.37. The second-order valence-corrected chi connectivity index (χ2v) is 7.33. The van der Waals surface area contributed by atoms with Crippen LogP contribution >= 0.6 is 11.6 Å². The molecule has 0 aliphatic carbocycles. The average Bonchev–Trinajstić information content (AvgIpc) is 2.72. The van der Waals surface area contributed by atoms with Crippen LogP contribution in [0.3, 0.4) is 0 Å². The quantitative estimate of drug-likeness (QED) is 0.526. The molecule has 5 nitrogen and oxygen atoms in total. The van der Waals surface area contributed by atoms with Gasteiger partial charge in [0.2, 0.25) is 0 Å². The number of halogens is 5. The van der Waals surface area contributed by atoms with Crippen molar-refractivity contribution in [2.45, 2.75) is 25.1 Å². The van der Waals surface area contributed by atoms with Gasteiger partial charge in [0.25, 0.3) is 11.8 Å². The number of piperidine rings is 1.